The molecule has 0 aliphatic carbocycles. The molecule has 0 amide bonds. The molecule has 18 heavy (non-hydrogen) atoms. The van der Waals surface area contributed by atoms with Crippen LogP contribution in [-0.4, -0.2) is 33.9 Å². The van der Waals surface area contributed by atoms with E-state index in [0.29, 0.717) is 19.6 Å². The van der Waals surface area contributed by atoms with Crippen LogP contribution in [0.15, 0.2) is 24.5 Å². The fourth-order valence-electron chi connectivity index (χ4n) is 2.37. The topological polar surface area (TPSA) is 31.9 Å². The first-order valence-corrected chi connectivity index (χ1v) is 6.15. The smallest absolute Gasteiger partial charge is 0.250 e. The second-order valence-corrected chi connectivity index (χ2v) is 4.89. The first-order valence-electron chi connectivity index (χ1n) is 6.15. The van der Waals surface area contributed by atoms with Gasteiger partial charge in [0.25, 0.3) is 5.92 Å². The SMILES string of the molecule is FC1(F)CCN(Cc2cnc3[nH]ccc3c2)CC1. The zero-order valence-corrected chi connectivity index (χ0v) is 10.00. The minimum atomic E-state index is -2.47. The number of piperidine rings is 1. The summed E-state index contributed by atoms with van der Waals surface area (Å²) in [5.41, 5.74) is 1.94. The molecule has 1 N–H and O–H groups in total. The summed E-state index contributed by atoms with van der Waals surface area (Å²) in [4.78, 5) is 9.40. The van der Waals surface area contributed by atoms with Gasteiger partial charge in [0.1, 0.15) is 5.65 Å². The van der Waals surface area contributed by atoms with Crippen molar-refractivity contribution in [3.63, 3.8) is 0 Å². The Morgan fingerprint density at radius 2 is 2.11 bits per heavy atom. The van der Waals surface area contributed by atoms with Crippen LogP contribution in [-0.2, 0) is 6.54 Å². The van der Waals surface area contributed by atoms with E-state index in [-0.39, 0.29) is 12.8 Å². The van der Waals surface area contributed by atoms with Crippen molar-refractivity contribution in [3.8, 4) is 0 Å². The molecule has 96 valence electrons. The normalized spacial score (nSPS) is 20.3. The highest BCUT2D eigenvalue weighted by molar-refractivity contribution is 5.75. The van der Waals surface area contributed by atoms with Crippen LogP contribution in [0.3, 0.4) is 0 Å². The van der Waals surface area contributed by atoms with Gasteiger partial charge in [0.2, 0.25) is 0 Å². The highest BCUT2D eigenvalue weighted by Gasteiger charge is 2.33. The Balaban J connectivity index is 1.69. The minimum absolute atomic E-state index is 0.0349. The van der Waals surface area contributed by atoms with E-state index < -0.39 is 5.92 Å². The number of alkyl halides is 2. The first-order chi connectivity index (χ1) is 8.62. The Kier molecular flexibility index (Phi) is 2.78. The van der Waals surface area contributed by atoms with Crippen molar-refractivity contribution < 1.29 is 8.78 Å². The summed E-state index contributed by atoms with van der Waals surface area (Å²) < 4.78 is 26.1. The number of halogens is 2. The lowest BCUT2D eigenvalue weighted by Gasteiger charge is -2.31. The van der Waals surface area contributed by atoms with E-state index in [4.69, 9.17) is 0 Å². The molecule has 0 bridgehead atoms. The van der Waals surface area contributed by atoms with Gasteiger partial charge in [-0.25, -0.2) is 13.8 Å². The molecule has 0 atom stereocenters. The molecule has 0 unspecified atom stereocenters. The van der Waals surface area contributed by atoms with Crippen LogP contribution in [0.4, 0.5) is 8.78 Å². The second kappa shape index (κ2) is 4.31. The number of hydrogen-bond acceptors (Lipinski definition) is 2. The highest BCUT2D eigenvalue weighted by Crippen LogP contribution is 2.28. The zero-order chi connectivity index (χ0) is 12.6. The van der Waals surface area contributed by atoms with Gasteiger partial charge in [-0.1, -0.05) is 0 Å². The fourth-order valence-corrected chi connectivity index (χ4v) is 2.37. The van der Waals surface area contributed by atoms with Crippen molar-refractivity contribution in [3.05, 3.63) is 30.1 Å². The molecule has 0 radical (unpaired) electrons. The lowest BCUT2D eigenvalue weighted by molar-refractivity contribution is -0.0566. The van der Waals surface area contributed by atoms with Crippen molar-refractivity contribution in [2.45, 2.75) is 25.3 Å². The fraction of sp³-hybridized carbons (Fsp3) is 0.462. The van der Waals surface area contributed by atoms with Gasteiger partial charge in [0, 0.05) is 50.3 Å². The number of nitrogens with one attached hydrogen (secondary N) is 1. The second-order valence-electron chi connectivity index (χ2n) is 4.89. The predicted octanol–water partition coefficient (Wildman–Crippen LogP) is 2.79. The number of aromatic nitrogens is 2. The first kappa shape index (κ1) is 11.6. The standard InChI is InChI=1S/C13H15F2N3/c14-13(15)2-5-18(6-3-13)9-10-7-11-1-4-16-12(11)17-8-10/h1,4,7-8H,2-3,5-6,9H2,(H,16,17). The summed E-state index contributed by atoms with van der Waals surface area (Å²) in [6.45, 7) is 1.61. The van der Waals surface area contributed by atoms with Gasteiger partial charge in [0.15, 0.2) is 0 Å². The summed E-state index contributed by atoms with van der Waals surface area (Å²) in [6, 6.07) is 4.03. The number of aromatic amines is 1. The lowest BCUT2D eigenvalue weighted by Crippen LogP contribution is -2.38. The highest BCUT2D eigenvalue weighted by atomic mass is 19.3. The summed E-state index contributed by atoms with van der Waals surface area (Å²) >= 11 is 0. The number of H-pyrrole nitrogens is 1. The molecule has 1 fully saturated rings. The lowest BCUT2D eigenvalue weighted by atomic mass is 10.1. The van der Waals surface area contributed by atoms with Gasteiger partial charge in [-0.05, 0) is 17.7 Å². The molecular weight excluding hydrogens is 236 g/mol. The molecule has 2 aromatic heterocycles. The number of fused-ring (bicyclic) bond motifs is 1. The summed E-state index contributed by atoms with van der Waals surface area (Å²) in [6.07, 6.45) is 3.59. The van der Waals surface area contributed by atoms with Crippen LogP contribution in [0, 0.1) is 0 Å². The van der Waals surface area contributed by atoms with E-state index in [1.807, 2.05) is 18.5 Å². The largest absolute Gasteiger partial charge is 0.346 e. The van der Waals surface area contributed by atoms with Crippen LogP contribution in [0.1, 0.15) is 18.4 Å². The Morgan fingerprint density at radius 3 is 2.89 bits per heavy atom. The van der Waals surface area contributed by atoms with Crippen molar-refractivity contribution in [1.29, 1.82) is 0 Å². The summed E-state index contributed by atoms with van der Waals surface area (Å²) in [5.74, 6) is -2.47. The zero-order valence-electron chi connectivity index (χ0n) is 10.00. The van der Waals surface area contributed by atoms with Gasteiger partial charge in [-0.3, -0.25) is 4.90 Å². The Labute approximate surface area is 104 Å². The number of rotatable bonds is 2. The van der Waals surface area contributed by atoms with Gasteiger partial charge in [0.05, 0.1) is 0 Å². The molecule has 2 aromatic rings. The Morgan fingerprint density at radius 1 is 1.33 bits per heavy atom. The number of likely N-dealkylation sites (tertiary alicyclic amines) is 1. The van der Waals surface area contributed by atoms with E-state index >= 15 is 0 Å². The van der Waals surface area contributed by atoms with Crippen LogP contribution in [0.5, 0.6) is 0 Å². The third-order valence-corrected chi connectivity index (χ3v) is 3.45. The third kappa shape index (κ3) is 2.36. The third-order valence-electron chi connectivity index (χ3n) is 3.45. The van der Waals surface area contributed by atoms with Crippen molar-refractivity contribution in [1.82, 2.24) is 14.9 Å². The maximum atomic E-state index is 13.0. The van der Waals surface area contributed by atoms with Gasteiger partial charge < -0.3 is 4.98 Å². The van der Waals surface area contributed by atoms with E-state index in [9.17, 15) is 8.78 Å². The molecule has 1 saturated heterocycles. The number of nitrogens with zero attached hydrogens (tertiary/aromatic N) is 2. The van der Waals surface area contributed by atoms with E-state index in [0.717, 1.165) is 16.6 Å². The maximum absolute atomic E-state index is 13.0. The quantitative estimate of drug-likeness (QED) is 0.890. The van der Waals surface area contributed by atoms with E-state index in [1.165, 1.54) is 0 Å². The molecule has 0 saturated carbocycles. The van der Waals surface area contributed by atoms with Crippen LogP contribution >= 0.6 is 0 Å². The molecule has 1 aliphatic heterocycles. The molecule has 3 nitrogen and oxygen atoms in total. The molecule has 1 aliphatic rings. The van der Waals surface area contributed by atoms with Crippen molar-refractivity contribution in [2.75, 3.05) is 13.1 Å². The molecular formula is C13H15F2N3. The minimum Gasteiger partial charge on any atom is -0.346 e. The number of hydrogen-bond donors (Lipinski definition) is 1. The molecule has 5 heteroatoms. The predicted molar refractivity (Wildman–Crippen MR) is 65.6 cm³/mol. The van der Waals surface area contributed by atoms with Gasteiger partial charge in [-0.15, -0.1) is 0 Å². The molecule has 3 rings (SSSR count). The average molecular weight is 251 g/mol. The maximum Gasteiger partial charge on any atom is 0.250 e. The molecule has 0 aromatic carbocycles. The molecule has 0 spiro atoms. The Hall–Kier alpha value is -1.49. The van der Waals surface area contributed by atoms with Crippen molar-refractivity contribution >= 4 is 11.0 Å². The van der Waals surface area contributed by atoms with Gasteiger partial charge >= 0.3 is 0 Å². The van der Waals surface area contributed by atoms with E-state index in [1.54, 1.807) is 0 Å². The van der Waals surface area contributed by atoms with Crippen molar-refractivity contribution in [2.24, 2.45) is 0 Å². The monoisotopic (exact) mass is 251 g/mol. The summed E-state index contributed by atoms with van der Waals surface area (Å²) in [7, 11) is 0. The average Bonchev–Trinajstić information content (AvgIpc) is 2.79. The van der Waals surface area contributed by atoms with E-state index in [2.05, 4.69) is 20.9 Å². The van der Waals surface area contributed by atoms with Crippen LogP contribution < -0.4 is 0 Å². The number of pyridine rings is 1. The van der Waals surface area contributed by atoms with Crippen LogP contribution in [0.2, 0.25) is 0 Å². The Bertz CT molecular complexity index is 540. The van der Waals surface area contributed by atoms with Crippen LogP contribution in [0.25, 0.3) is 11.0 Å². The van der Waals surface area contributed by atoms with Gasteiger partial charge in [-0.2, -0.15) is 0 Å². The summed E-state index contributed by atoms with van der Waals surface area (Å²) in [5, 5.41) is 1.06. The molecule has 3 heterocycles.